The molecule has 28 heavy (non-hydrogen) atoms. The van der Waals surface area contributed by atoms with Crippen molar-refractivity contribution in [2.24, 2.45) is 17.8 Å². The summed E-state index contributed by atoms with van der Waals surface area (Å²) in [6, 6.07) is 8.28. The minimum absolute atomic E-state index is 0.140. The van der Waals surface area contributed by atoms with Crippen LogP contribution >= 0.6 is 0 Å². The number of hydrogen-bond donors (Lipinski definition) is 2. The molecule has 3 heteroatoms. The van der Waals surface area contributed by atoms with Gasteiger partial charge in [0.25, 0.3) is 0 Å². The van der Waals surface area contributed by atoms with Crippen LogP contribution < -0.4 is 0 Å². The van der Waals surface area contributed by atoms with Gasteiger partial charge in [-0.25, -0.2) is 0 Å². The average molecular weight is 382 g/mol. The average Bonchev–Trinajstić information content (AvgIpc) is 3.13. The van der Waals surface area contributed by atoms with Gasteiger partial charge in [-0.05, 0) is 57.7 Å². The molecule has 0 radical (unpaired) electrons. The van der Waals surface area contributed by atoms with Crippen molar-refractivity contribution in [2.75, 3.05) is 20.6 Å². The fraction of sp³-hybridized carbons (Fsp3) is 0.520. The van der Waals surface area contributed by atoms with E-state index in [1.54, 1.807) is 0 Å². The first-order valence-electron chi connectivity index (χ1n) is 10.5. The van der Waals surface area contributed by atoms with Crippen molar-refractivity contribution in [2.45, 2.75) is 44.8 Å². The molecule has 1 fully saturated rings. The van der Waals surface area contributed by atoms with Crippen molar-refractivity contribution in [3.63, 3.8) is 0 Å². The third kappa shape index (κ3) is 5.66. The fourth-order valence-electron chi connectivity index (χ4n) is 4.64. The molecule has 2 aliphatic carbocycles. The first-order valence-corrected chi connectivity index (χ1v) is 10.5. The van der Waals surface area contributed by atoms with Crippen LogP contribution in [0.25, 0.3) is 0 Å². The van der Waals surface area contributed by atoms with Crippen molar-refractivity contribution in [3.8, 4) is 0 Å². The maximum Gasteiger partial charge on any atom is 0.0761 e. The summed E-state index contributed by atoms with van der Waals surface area (Å²) in [5, 5.41) is 20.9. The van der Waals surface area contributed by atoms with Crippen LogP contribution in [0.5, 0.6) is 0 Å². The number of allylic oxidation sites excluding steroid dienone is 3. The zero-order valence-corrected chi connectivity index (χ0v) is 17.5. The molecule has 0 amide bonds. The summed E-state index contributed by atoms with van der Waals surface area (Å²) in [5.41, 5.74) is 3.76. The highest BCUT2D eigenvalue weighted by atomic mass is 16.3. The van der Waals surface area contributed by atoms with E-state index in [4.69, 9.17) is 0 Å². The van der Waals surface area contributed by atoms with Crippen molar-refractivity contribution in [1.82, 2.24) is 4.90 Å². The summed E-state index contributed by atoms with van der Waals surface area (Å²) >= 11 is 0. The maximum absolute atomic E-state index is 10.5. The van der Waals surface area contributed by atoms with Gasteiger partial charge < -0.3 is 15.1 Å². The Balaban J connectivity index is 1.54. The predicted octanol–water partition coefficient (Wildman–Crippen LogP) is 3.91. The van der Waals surface area contributed by atoms with E-state index in [9.17, 15) is 10.2 Å². The van der Waals surface area contributed by atoms with Crippen LogP contribution in [0.2, 0.25) is 0 Å². The molecule has 0 bridgehead atoms. The lowest BCUT2D eigenvalue weighted by molar-refractivity contribution is 0.140. The van der Waals surface area contributed by atoms with Crippen LogP contribution in [0.1, 0.15) is 30.4 Å². The van der Waals surface area contributed by atoms with Gasteiger partial charge in [-0.2, -0.15) is 0 Å². The Morgan fingerprint density at radius 2 is 2.11 bits per heavy atom. The molecule has 1 aromatic rings. The minimum Gasteiger partial charge on any atom is -0.392 e. The molecule has 0 saturated heterocycles. The molecule has 5 atom stereocenters. The smallest absolute Gasteiger partial charge is 0.0761 e. The van der Waals surface area contributed by atoms with Gasteiger partial charge in [-0.1, -0.05) is 65.8 Å². The number of hydrogen-bond acceptors (Lipinski definition) is 3. The molecule has 0 aliphatic heterocycles. The highest BCUT2D eigenvalue weighted by Gasteiger charge is 2.42. The van der Waals surface area contributed by atoms with Crippen LogP contribution in [-0.2, 0) is 6.42 Å². The van der Waals surface area contributed by atoms with Crippen molar-refractivity contribution in [3.05, 3.63) is 71.3 Å². The molecule has 1 saturated carbocycles. The molecule has 152 valence electrons. The molecule has 0 unspecified atom stereocenters. The largest absolute Gasteiger partial charge is 0.392 e. The van der Waals surface area contributed by atoms with Gasteiger partial charge in [0.05, 0.1) is 12.2 Å². The lowest BCUT2D eigenvalue weighted by Gasteiger charge is -2.18. The molecular weight excluding hydrogens is 346 g/mol. The molecule has 0 aromatic heterocycles. The van der Waals surface area contributed by atoms with Crippen molar-refractivity contribution in [1.29, 1.82) is 0 Å². The fourth-order valence-corrected chi connectivity index (χ4v) is 4.64. The lowest BCUT2D eigenvalue weighted by Crippen LogP contribution is -2.18. The van der Waals surface area contributed by atoms with E-state index in [2.05, 4.69) is 68.4 Å². The van der Waals surface area contributed by atoms with Gasteiger partial charge in [-0.15, -0.1) is 0 Å². The standard InChI is InChI=1S/C25H35NO2/c1-18-7-6-9-19(13-18)15-22(27)10-11-23-24-16-20(8-4-5-12-26(2)3)14-21(24)17-25(23)28/h4,6-11,13-14,21-25,27-28H,5,12,15-17H2,1-3H3/t21-,22-,23+,24-,25+/m0/s1. The molecule has 0 spiro atoms. The lowest BCUT2D eigenvalue weighted by atomic mass is 9.89. The van der Waals surface area contributed by atoms with Crippen LogP contribution in [0.3, 0.4) is 0 Å². The molecule has 2 aliphatic rings. The van der Waals surface area contributed by atoms with E-state index >= 15 is 0 Å². The summed E-state index contributed by atoms with van der Waals surface area (Å²) < 4.78 is 0. The van der Waals surface area contributed by atoms with Crippen molar-refractivity contribution >= 4 is 0 Å². The summed E-state index contributed by atoms with van der Waals surface area (Å²) in [7, 11) is 4.19. The second-order valence-corrected chi connectivity index (χ2v) is 8.79. The third-order valence-electron chi connectivity index (χ3n) is 6.06. The molecule has 1 aromatic carbocycles. The monoisotopic (exact) mass is 381 g/mol. The Kier molecular flexibility index (Phi) is 7.28. The zero-order valence-electron chi connectivity index (χ0n) is 17.5. The van der Waals surface area contributed by atoms with E-state index in [1.165, 1.54) is 11.1 Å². The summed E-state index contributed by atoms with van der Waals surface area (Å²) in [4.78, 5) is 2.20. The Morgan fingerprint density at radius 3 is 2.86 bits per heavy atom. The van der Waals surface area contributed by atoms with E-state index in [1.807, 2.05) is 12.1 Å². The Labute approximate surface area is 170 Å². The van der Waals surface area contributed by atoms with E-state index in [0.717, 1.165) is 31.4 Å². The number of rotatable bonds is 8. The SMILES string of the molecule is Cc1cccc(C[C@@H](O)C=C[C@@H]2[C@H]3CC(C=CCCN(C)C)=C[C@H]3C[C@H]2O)c1. The van der Waals surface area contributed by atoms with E-state index < -0.39 is 6.10 Å². The first-order chi connectivity index (χ1) is 13.4. The number of aryl methyl sites for hydroxylation is 1. The van der Waals surface area contributed by atoms with Gasteiger partial charge in [-0.3, -0.25) is 0 Å². The van der Waals surface area contributed by atoms with Crippen molar-refractivity contribution < 1.29 is 10.2 Å². The van der Waals surface area contributed by atoms with Crippen LogP contribution in [-0.4, -0.2) is 48.0 Å². The topological polar surface area (TPSA) is 43.7 Å². The third-order valence-corrected chi connectivity index (χ3v) is 6.06. The molecule has 0 heterocycles. The highest BCUT2D eigenvalue weighted by molar-refractivity contribution is 5.29. The second-order valence-electron chi connectivity index (χ2n) is 8.79. The Morgan fingerprint density at radius 1 is 1.29 bits per heavy atom. The summed E-state index contributed by atoms with van der Waals surface area (Å²) in [5.74, 6) is 1.07. The van der Waals surface area contributed by atoms with Gasteiger partial charge in [0.1, 0.15) is 0 Å². The number of aliphatic hydroxyl groups excluding tert-OH is 2. The number of aliphatic hydroxyl groups is 2. The first kappa shape index (κ1) is 21.0. The Hall–Kier alpha value is -1.68. The Bertz CT molecular complexity index is 734. The molecule has 2 N–H and O–H groups in total. The molecule has 3 nitrogen and oxygen atoms in total. The van der Waals surface area contributed by atoms with Gasteiger partial charge in [0.2, 0.25) is 0 Å². The minimum atomic E-state index is -0.507. The highest BCUT2D eigenvalue weighted by Crippen LogP contribution is 2.47. The molecule has 3 rings (SSSR count). The van der Waals surface area contributed by atoms with Crippen LogP contribution in [0.4, 0.5) is 0 Å². The van der Waals surface area contributed by atoms with E-state index in [-0.39, 0.29) is 12.0 Å². The predicted molar refractivity (Wildman–Crippen MR) is 116 cm³/mol. The second kappa shape index (κ2) is 9.69. The number of benzene rings is 1. The van der Waals surface area contributed by atoms with Crippen LogP contribution in [0.15, 0.2) is 60.2 Å². The molecular formula is C25H35NO2. The normalized spacial score (nSPS) is 28.4. The van der Waals surface area contributed by atoms with Crippen LogP contribution in [0, 0.1) is 24.7 Å². The van der Waals surface area contributed by atoms with E-state index in [0.29, 0.717) is 18.3 Å². The van der Waals surface area contributed by atoms with Gasteiger partial charge in [0, 0.05) is 18.9 Å². The quantitative estimate of drug-likeness (QED) is 0.671. The number of fused-ring (bicyclic) bond motifs is 1. The number of nitrogens with zero attached hydrogens (tertiary/aromatic N) is 1. The van der Waals surface area contributed by atoms with Gasteiger partial charge >= 0.3 is 0 Å². The summed E-state index contributed by atoms with van der Waals surface area (Å²) in [6.07, 6.45) is 13.6. The zero-order chi connectivity index (χ0) is 20.1. The maximum atomic E-state index is 10.5. The van der Waals surface area contributed by atoms with Gasteiger partial charge in [0.15, 0.2) is 0 Å². The summed E-state index contributed by atoms with van der Waals surface area (Å²) in [6.45, 7) is 3.14.